The van der Waals surface area contributed by atoms with E-state index in [-0.39, 0.29) is 24.4 Å². The predicted molar refractivity (Wildman–Crippen MR) is 107 cm³/mol. The summed E-state index contributed by atoms with van der Waals surface area (Å²) in [5.41, 5.74) is -0.297. The minimum Gasteiger partial charge on any atom is -0.481 e. The molecule has 3 rings (SSSR count). The van der Waals surface area contributed by atoms with Gasteiger partial charge in [0.15, 0.2) is 0 Å². The second-order valence-electron chi connectivity index (χ2n) is 6.31. The molecular weight excluding hydrogens is 376 g/mol. The van der Waals surface area contributed by atoms with Gasteiger partial charge in [0.1, 0.15) is 5.56 Å². The van der Waals surface area contributed by atoms with Crippen LogP contribution in [0.5, 0.6) is 0 Å². The van der Waals surface area contributed by atoms with Crippen molar-refractivity contribution >= 4 is 40.2 Å². The molecule has 9 heteroatoms. The third kappa shape index (κ3) is 4.64. The Morgan fingerprint density at radius 1 is 1.10 bits per heavy atom. The van der Waals surface area contributed by atoms with Crippen LogP contribution in [-0.2, 0) is 9.59 Å². The van der Waals surface area contributed by atoms with Gasteiger partial charge >= 0.3 is 5.97 Å². The number of nitrogens with one attached hydrogen (secondary N) is 2. The zero-order valence-corrected chi connectivity index (χ0v) is 15.5. The average Bonchev–Trinajstić information content (AvgIpc) is 2.71. The molecule has 0 aliphatic heterocycles. The first-order valence-electron chi connectivity index (χ1n) is 8.73. The van der Waals surface area contributed by atoms with Crippen molar-refractivity contribution in [2.75, 3.05) is 17.3 Å². The summed E-state index contributed by atoms with van der Waals surface area (Å²) in [7, 11) is 1.55. The van der Waals surface area contributed by atoms with Gasteiger partial charge in [0.05, 0.1) is 6.42 Å². The fourth-order valence-corrected chi connectivity index (χ4v) is 2.71. The van der Waals surface area contributed by atoms with Gasteiger partial charge in [-0.2, -0.15) is 0 Å². The number of hydrogen-bond donors (Lipinski definition) is 3. The molecule has 29 heavy (non-hydrogen) atoms. The largest absolute Gasteiger partial charge is 0.481 e. The molecule has 0 saturated heterocycles. The molecule has 2 aromatic carbocycles. The number of carboxylic acid groups (broad SMARTS) is 1. The lowest BCUT2D eigenvalue weighted by molar-refractivity contribution is -0.138. The fourth-order valence-electron chi connectivity index (χ4n) is 2.71. The van der Waals surface area contributed by atoms with Crippen LogP contribution in [0.3, 0.4) is 0 Å². The quantitative estimate of drug-likeness (QED) is 0.586. The van der Waals surface area contributed by atoms with Gasteiger partial charge in [-0.1, -0.05) is 30.3 Å². The van der Waals surface area contributed by atoms with Crippen LogP contribution in [0.1, 0.15) is 23.2 Å². The highest BCUT2D eigenvalue weighted by molar-refractivity contribution is 6.06. The van der Waals surface area contributed by atoms with Gasteiger partial charge in [0, 0.05) is 25.4 Å². The van der Waals surface area contributed by atoms with Crippen molar-refractivity contribution in [2.24, 2.45) is 0 Å². The minimum atomic E-state index is -1.11. The third-order valence-electron chi connectivity index (χ3n) is 4.28. The molecule has 1 heterocycles. The van der Waals surface area contributed by atoms with Crippen LogP contribution in [0.15, 0.2) is 53.5 Å². The number of aromatic amines is 1. The summed E-state index contributed by atoms with van der Waals surface area (Å²) in [6.45, 7) is 0. The Morgan fingerprint density at radius 3 is 2.52 bits per heavy atom. The van der Waals surface area contributed by atoms with Gasteiger partial charge in [0.25, 0.3) is 11.5 Å². The molecule has 0 unspecified atom stereocenters. The number of aliphatic carboxylic acids is 1. The Labute approximate surface area is 165 Å². The van der Waals surface area contributed by atoms with Crippen LogP contribution in [0, 0.1) is 0 Å². The summed E-state index contributed by atoms with van der Waals surface area (Å²) in [5.74, 6) is -2.43. The first-order valence-corrected chi connectivity index (χ1v) is 8.73. The molecule has 3 aromatic rings. The number of anilines is 2. The maximum absolute atomic E-state index is 12.7. The number of benzene rings is 2. The van der Waals surface area contributed by atoms with Crippen molar-refractivity contribution in [3.63, 3.8) is 0 Å². The Balaban J connectivity index is 1.76. The first-order chi connectivity index (χ1) is 13.8. The second kappa shape index (κ2) is 8.34. The molecule has 0 aliphatic rings. The molecule has 0 aliphatic carbocycles. The molecule has 0 atom stereocenters. The van der Waals surface area contributed by atoms with Gasteiger partial charge in [0.2, 0.25) is 11.9 Å². The summed E-state index contributed by atoms with van der Waals surface area (Å²) >= 11 is 0. The van der Waals surface area contributed by atoms with Gasteiger partial charge < -0.3 is 10.0 Å². The van der Waals surface area contributed by atoms with Crippen LogP contribution in [0.25, 0.3) is 10.8 Å². The highest BCUT2D eigenvalue weighted by atomic mass is 16.4. The smallest absolute Gasteiger partial charge is 0.303 e. The van der Waals surface area contributed by atoms with E-state index in [1.165, 1.54) is 4.90 Å². The lowest BCUT2D eigenvalue weighted by atomic mass is 10.1. The van der Waals surface area contributed by atoms with E-state index in [1.807, 2.05) is 36.4 Å². The van der Waals surface area contributed by atoms with E-state index in [0.29, 0.717) is 5.69 Å². The standard InChI is InChI=1S/C20H18N4O5/c1-24(14-7-6-12-4-2-3-5-13(12)10-14)19(29)15-11-21-20(23-18(15)28)22-16(25)8-9-17(26)27/h2-7,10-11H,8-9H2,1H3,(H,26,27)(H2,21,22,23,25,28). The number of H-pyrrole nitrogens is 1. The number of amides is 2. The number of aromatic nitrogens is 2. The number of carboxylic acids is 1. The second-order valence-corrected chi connectivity index (χ2v) is 6.31. The molecule has 0 bridgehead atoms. The number of rotatable bonds is 6. The van der Waals surface area contributed by atoms with E-state index >= 15 is 0 Å². The van der Waals surface area contributed by atoms with Gasteiger partial charge in [-0.25, -0.2) is 4.98 Å². The van der Waals surface area contributed by atoms with Crippen molar-refractivity contribution in [1.82, 2.24) is 9.97 Å². The molecule has 0 spiro atoms. The molecule has 2 amide bonds. The van der Waals surface area contributed by atoms with E-state index in [4.69, 9.17) is 5.11 Å². The maximum Gasteiger partial charge on any atom is 0.303 e. The number of fused-ring (bicyclic) bond motifs is 1. The monoisotopic (exact) mass is 394 g/mol. The van der Waals surface area contributed by atoms with E-state index in [9.17, 15) is 19.2 Å². The molecule has 9 nitrogen and oxygen atoms in total. The van der Waals surface area contributed by atoms with Gasteiger partial charge in [-0.15, -0.1) is 0 Å². The fraction of sp³-hybridized carbons (Fsp3) is 0.150. The van der Waals surface area contributed by atoms with Crippen molar-refractivity contribution in [1.29, 1.82) is 0 Å². The van der Waals surface area contributed by atoms with Crippen molar-refractivity contribution in [3.8, 4) is 0 Å². The molecule has 0 radical (unpaired) electrons. The SMILES string of the molecule is CN(C(=O)c1cnc(NC(=O)CCC(=O)O)[nH]c1=O)c1ccc2ccccc2c1. The molecule has 148 valence electrons. The van der Waals surface area contributed by atoms with Crippen molar-refractivity contribution in [2.45, 2.75) is 12.8 Å². The highest BCUT2D eigenvalue weighted by Crippen LogP contribution is 2.22. The zero-order chi connectivity index (χ0) is 21.0. The van der Waals surface area contributed by atoms with Crippen molar-refractivity contribution in [3.05, 3.63) is 64.6 Å². The number of nitrogens with zero attached hydrogens (tertiary/aromatic N) is 2. The minimum absolute atomic E-state index is 0.157. The van der Waals surface area contributed by atoms with Gasteiger partial charge in [-0.3, -0.25) is 29.5 Å². The van der Waals surface area contributed by atoms with E-state index < -0.39 is 23.3 Å². The Kier molecular flexibility index (Phi) is 5.68. The maximum atomic E-state index is 12.7. The first kappa shape index (κ1) is 19.7. The van der Waals surface area contributed by atoms with Gasteiger partial charge in [-0.05, 0) is 22.9 Å². The number of hydrogen-bond acceptors (Lipinski definition) is 5. The summed E-state index contributed by atoms with van der Waals surface area (Å²) in [4.78, 5) is 54.7. The Bertz CT molecular complexity index is 1150. The molecular formula is C20H18N4O5. The molecule has 0 saturated carbocycles. The number of carbonyl (C=O) groups is 3. The van der Waals surface area contributed by atoms with Crippen LogP contribution >= 0.6 is 0 Å². The lowest BCUT2D eigenvalue weighted by Crippen LogP contribution is -2.32. The lowest BCUT2D eigenvalue weighted by Gasteiger charge is -2.17. The highest BCUT2D eigenvalue weighted by Gasteiger charge is 2.18. The normalized spacial score (nSPS) is 10.5. The van der Waals surface area contributed by atoms with Crippen LogP contribution < -0.4 is 15.8 Å². The molecule has 3 N–H and O–H groups in total. The average molecular weight is 394 g/mol. The predicted octanol–water partition coefficient (Wildman–Crippen LogP) is 2.00. The van der Waals surface area contributed by atoms with E-state index in [1.54, 1.807) is 13.1 Å². The summed E-state index contributed by atoms with van der Waals surface area (Å²) in [6.07, 6.45) is 0.471. The van der Waals surface area contributed by atoms with E-state index in [2.05, 4.69) is 15.3 Å². The van der Waals surface area contributed by atoms with Crippen LogP contribution in [0.2, 0.25) is 0 Å². The number of carbonyl (C=O) groups excluding carboxylic acids is 2. The molecule has 0 fully saturated rings. The summed E-state index contributed by atoms with van der Waals surface area (Å²) in [6, 6.07) is 13.2. The third-order valence-corrected chi connectivity index (χ3v) is 4.28. The Hall–Kier alpha value is -4.01. The molecule has 1 aromatic heterocycles. The van der Waals surface area contributed by atoms with E-state index in [0.717, 1.165) is 17.0 Å². The summed E-state index contributed by atoms with van der Waals surface area (Å²) in [5, 5.41) is 12.9. The van der Waals surface area contributed by atoms with Crippen molar-refractivity contribution < 1.29 is 19.5 Å². The Morgan fingerprint density at radius 2 is 1.83 bits per heavy atom. The van der Waals surface area contributed by atoms with Crippen LogP contribution in [-0.4, -0.2) is 39.9 Å². The summed E-state index contributed by atoms with van der Waals surface area (Å²) < 4.78 is 0. The van der Waals surface area contributed by atoms with Crippen LogP contribution in [0.4, 0.5) is 11.6 Å². The topological polar surface area (TPSA) is 132 Å². The zero-order valence-electron chi connectivity index (χ0n) is 15.5.